The fourth-order valence-corrected chi connectivity index (χ4v) is 1.15. The summed E-state index contributed by atoms with van der Waals surface area (Å²) in [7, 11) is 0. The van der Waals surface area contributed by atoms with Gasteiger partial charge in [0.25, 0.3) is 0 Å². The van der Waals surface area contributed by atoms with Gasteiger partial charge in [0.2, 0.25) is 0 Å². The van der Waals surface area contributed by atoms with Gasteiger partial charge in [0.05, 0.1) is 11.3 Å². The molecule has 3 nitrogen and oxygen atoms in total. The molecule has 3 N–H and O–H groups in total. The van der Waals surface area contributed by atoms with Crippen LogP contribution in [-0.2, 0) is 6.18 Å². The number of halogens is 3. The van der Waals surface area contributed by atoms with Crippen molar-refractivity contribution in [3.05, 3.63) is 35.4 Å². The molecule has 17 heavy (non-hydrogen) atoms. The van der Waals surface area contributed by atoms with Crippen LogP contribution < -0.4 is 11.2 Å². The predicted octanol–water partition coefficient (Wildman–Crippen LogP) is 2.26. The first-order chi connectivity index (χ1) is 7.80. The maximum atomic E-state index is 12.3. The minimum Gasteiger partial charge on any atom is -0.375 e. The number of hydrogen-bond acceptors (Lipinski definition) is 2. The molecule has 0 fully saturated rings. The molecular weight excluding hydrogens is 251 g/mol. The van der Waals surface area contributed by atoms with Gasteiger partial charge in [-0.1, -0.05) is 12.1 Å². The van der Waals surface area contributed by atoms with Crippen molar-refractivity contribution in [3.63, 3.8) is 0 Å². The highest BCUT2D eigenvalue weighted by atomic mass is 32.1. The van der Waals surface area contributed by atoms with Crippen molar-refractivity contribution >= 4 is 23.0 Å². The van der Waals surface area contributed by atoms with Gasteiger partial charge in [-0.15, -0.1) is 0 Å². The van der Waals surface area contributed by atoms with Crippen LogP contribution in [0.15, 0.2) is 29.4 Å². The molecule has 92 valence electrons. The number of benzene rings is 1. The summed E-state index contributed by atoms with van der Waals surface area (Å²) in [4.78, 5) is 0. The maximum absolute atomic E-state index is 12.3. The molecule has 0 amide bonds. The number of nitrogens with one attached hydrogen (secondary N) is 1. The van der Waals surface area contributed by atoms with Gasteiger partial charge in [0.15, 0.2) is 5.11 Å². The highest BCUT2D eigenvalue weighted by Crippen LogP contribution is 2.29. The molecular formula is C10H10F3N3S. The van der Waals surface area contributed by atoms with E-state index in [4.69, 9.17) is 5.73 Å². The van der Waals surface area contributed by atoms with Crippen LogP contribution in [0.2, 0.25) is 0 Å². The zero-order chi connectivity index (χ0) is 13.1. The zero-order valence-corrected chi connectivity index (χ0v) is 9.69. The quantitative estimate of drug-likeness (QED) is 0.488. The van der Waals surface area contributed by atoms with Crippen molar-refractivity contribution in [3.8, 4) is 0 Å². The second-order valence-electron chi connectivity index (χ2n) is 3.25. The highest BCUT2D eigenvalue weighted by Gasteiger charge is 2.29. The summed E-state index contributed by atoms with van der Waals surface area (Å²) in [6.45, 7) is 1.63. The first kappa shape index (κ1) is 13.4. The Bertz CT molecular complexity index is 437. The summed E-state index contributed by atoms with van der Waals surface area (Å²) in [5.74, 6) is 0. The molecule has 0 unspecified atom stereocenters. The van der Waals surface area contributed by atoms with Crippen molar-refractivity contribution < 1.29 is 13.2 Å². The molecule has 0 heterocycles. The number of nitrogens with two attached hydrogens (primary N) is 1. The number of thiocarbonyl (C=S) groups is 1. The van der Waals surface area contributed by atoms with E-state index in [2.05, 4.69) is 22.7 Å². The highest BCUT2D eigenvalue weighted by molar-refractivity contribution is 7.80. The van der Waals surface area contributed by atoms with Crippen LogP contribution in [0.3, 0.4) is 0 Å². The van der Waals surface area contributed by atoms with E-state index in [9.17, 15) is 13.2 Å². The number of rotatable bonds is 2. The van der Waals surface area contributed by atoms with E-state index in [1.165, 1.54) is 12.1 Å². The van der Waals surface area contributed by atoms with Crippen LogP contribution >= 0.6 is 12.2 Å². The van der Waals surface area contributed by atoms with Gasteiger partial charge in [-0.25, -0.2) is 0 Å². The van der Waals surface area contributed by atoms with Gasteiger partial charge in [-0.05, 0) is 36.8 Å². The van der Waals surface area contributed by atoms with Crippen LogP contribution in [0.25, 0.3) is 0 Å². The van der Waals surface area contributed by atoms with Crippen molar-refractivity contribution in [1.82, 2.24) is 5.43 Å². The Labute approximate surface area is 102 Å². The average molecular weight is 261 g/mol. The maximum Gasteiger partial charge on any atom is 0.416 e. The molecule has 0 radical (unpaired) electrons. The lowest BCUT2D eigenvalue weighted by atomic mass is 10.1. The first-order valence-corrected chi connectivity index (χ1v) is 4.99. The topological polar surface area (TPSA) is 50.4 Å². The molecule has 0 atom stereocenters. The predicted molar refractivity (Wildman–Crippen MR) is 63.6 cm³/mol. The van der Waals surface area contributed by atoms with E-state index in [0.29, 0.717) is 11.3 Å². The summed E-state index contributed by atoms with van der Waals surface area (Å²) in [5, 5.41) is 3.80. The van der Waals surface area contributed by atoms with Crippen LogP contribution in [0.4, 0.5) is 13.2 Å². The summed E-state index contributed by atoms with van der Waals surface area (Å²) >= 11 is 4.54. The Morgan fingerprint density at radius 3 is 2.24 bits per heavy atom. The third-order valence-electron chi connectivity index (χ3n) is 1.96. The normalized spacial score (nSPS) is 12.4. The Kier molecular flexibility index (Phi) is 4.06. The van der Waals surface area contributed by atoms with Gasteiger partial charge in [0, 0.05) is 0 Å². The van der Waals surface area contributed by atoms with Crippen LogP contribution in [-0.4, -0.2) is 10.8 Å². The summed E-state index contributed by atoms with van der Waals surface area (Å²) in [6, 6.07) is 4.66. The third-order valence-corrected chi connectivity index (χ3v) is 2.06. The van der Waals surface area contributed by atoms with Crippen molar-refractivity contribution in [2.24, 2.45) is 10.8 Å². The van der Waals surface area contributed by atoms with E-state index in [1.807, 2.05) is 0 Å². The monoisotopic (exact) mass is 261 g/mol. The van der Waals surface area contributed by atoms with Gasteiger partial charge in [-0.2, -0.15) is 18.3 Å². The molecule has 0 spiro atoms. The van der Waals surface area contributed by atoms with E-state index in [-0.39, 0.29) is 5.11 Å². The fourth-order valence-electron chi connectivity index (χ4n) is 1.10. The fraction of sp³-hybridized carbons (Fsp3) is 0.200. The Balaban J connectivity index is 2.88. The third kappa shape index (κ3) is 4.03. The molecule has 0 aliphatic heterocycles. The van der Waals surface area contributed by atoms with Crippen molar-refractivity contribution in [1.29, 1.82) is 0 Å². The second-order valence-corrected chi connectivity index (χ2v) is 3.69. The number of hydrogen-bond donors (Lipinski definition) is 2. The molecule has 1 rings (SSSR count). The van der Waals surface area contributed by atoms with E-state index in [1.54, 1.807) is 6.92 Å². The average Bonchev–Trinajstić information content (AvgIpc) is 2.25. The van der Waals surface area contributed by atoms with E-state index < -0.39 is 11.7 Å². The SMILES string of the molecule is CC(=NNC(N)=S)c1ccc(C(F)(F)F)cc1. The zero-order valence-electron chi connectivity index (χ0n) is 8.88. The van der Waals surface area contributed by atoms with Gasteiger partial charge < -0.3 is 5.73 Å². The molecule has 0 saturated carbocycles. The smallest absolute Gasteiger partial charge is 0.375 e. The lowest BCUT2D eigenvalue weighted by Gasteiger charge is -2.07. The Hall–Kier alpha value is -1.63. The molecule has 0 aliphatic rings. The van der Waals surface area contributed by atoms with Crippen molar-refractivity contribution in [2.45, 2.75) is 13.1 Å². The number of nitrogens with zero attached hydrogens (tertiary/aromatic N) is 1. The molecule has 0 saturated heterocycles. The molecule has 1 aromatic rings. The standard InChI is InChI=1S/C10H10F3N3S/c1-6(15-16-9(14)17)7-2-4-8(5-3-7)10(11,12)13/h2-5H,1H3,(H3,14,16,17). The second kappa shape index (κ2) is 5.13. The largest absolute Gasteiger partial charge is 0.416 e. The van der Waals surface area contributed by atoms with Crippen LogP contribution in [0, 0.1) is 0 Å². The molecule has 0 aliphatic carbocycles. The van der Waals surface area contributed by atoms with E-state index >= 15 is 0 Å². The van der Waals surface area contributed by atoms with Gasteiger partial charge >= 0.3 is 6.18 Å². The van der Waals surface area contributed by atoms with Crippen LogP contribution in [0.5, 0.6) is 0 Å². The number of alkyl halides is 3. The molecule has 0 bridgehead atoms. The minimum absolute atomic E-state index is 0.00346. The molecule has 0 aromatic heterocycles. The van der Waals surface area contributed by atoms with Crippen LogP contribution in [0.1, 0.15) is 18.1 Å². The molecule has 7 heteroatoms. The Morgan fingerprint density at radius 2 is 1.82 bits per heavy atom. The first-order valence-electron chi connectivity index (χ1n) is 4.58. The van der Waals surface area contributed by atoms with Gasteiger partial charge in [0.1, 0.15) is 0 Å². The molecule has 1 aromatic carbocycles. The number of hydrazone groups is 1. The Morgan fingerprint density at radius 1 is 1.29 bits per heavy atom. The van der Waals surface area contributed by atoms with Gasteiger partial charge in [-0.3, -0.25) is 5.43 Å². The summed E-state index contributed by atoms with van der Waals surface area (Å²) in [6.07, 6.45) is -4.33. The van der Waals surface area contributed by atoms with Crippen molar-refractivity contribution in [2.75, 3.05) is 0 Å². The minimum atomic E-state index is -4.33. The summed E-state index contributed by atoms with van der Waals surface area (Å²) in [5.41, 5.74) is 7.88. The lowest BCUT2D eigenvalue weighted by Crippen LogP contribution is -2.25. The lowest BCUT2D eigenvalue weighted by molar-refractivity contribution is -0.137. The summed E-state index contributed by atoms with van der Waals surface area (Å²) < 4.78 is 36.9. The van der Waals surface area contributed by atoms with E-state index in [0.717, 1.165) is 12.1 Å².